The van der Waals surface area contributed by atoms with Gasteiger partial charge in [0, 0.05) is 27.9 Å². The summed E-state index contributed by atoms with van der Waals surface area (Å²) < 4.78 is 26.8. The zero-order valence-corrected chi connectivity index (χ0v) is 11.9. The van der Waals surface area contributed by atoms with Crippen molar-refractivity contribution in [2.75, 3.05) is 0 Å². The van der Waals surface area contributed by atoms with Gasteiger partial charge in [0.05, 0.1) is 0 Å². The van der Waals surface area contributed by atoms with Gasteiger partial charge in [-0.15, -0.1) is 11.3 Å². The maximum atomic E-state index is 13.6. The quantitative estimate of drug-likeness (QED) is 0.854. The van der Waals surface area contributed by atoms with Crippen LogP contribution >= 0.6 is 11.3 Å². The van der Waals surface area contributed by atoms with Gasteiger partial charge in [0.25, 0.3) is 0 Å². The third-order valence-electron chi connectivity index (χ3n) is 3.10. The molecular weight excluding hydrogens is 264 g/mol. The van der Waals surface area contributed by atoms with E-state index in [2.05, 4.69) is 24.4 Å². The molecule has 0 saturated heterocycles. The molecule has 1 aromatic carbocycles. The van der Waals surface area contributed by atoms with Gasteiger partial charge in [-0.05, 0) is 31.5 Å². The van der Waals surface area contributed by atoms with Gasteiger partial charge in [0.1, 0.15) is 0 Å². The molecule has 102 valence electrons. The van der Waals surface area contributed by atoms with Crippen LogP contribution in [0.4, 0.5) is 8.78 Å². The lowest BCUT2D eigenvalue weighted by Crippen LogP contribution is -2.19. The summed E-state index contributed by atoms with van der Waals surface area (Å²) in [5, 5.41) is 3.22. The minimum Gasteiger partial charge on any atom is -0.305 e. The Balaban J connectivity index is 2.01. The average molecular weight is 281 g/mol. The lowest BCUT2D eigenvalue weighted by atomic mass is 10.1. The molecule has 0 saturated carbocycles. The minimum atomic E-state index is -0.796. The summed E-state index contributed by atoms with van der Waals surface area (Å²) >= 11 is 1.75. The number of benzene rings is 1. The Morgan fingerprint density at radius 2 is 1.89 bits per heavy atom. The summed E-state index contributed by atoms with van der Waals surface area (Å²) in [6.07, 6.45) is 1.03. The number of hydrogen-bond acceptors (Lipinski definition) is 2. The fourth-order valence-corrected chi connectivity index (χ4v) is 2.83. The van der Waals surface area contributed by atoms with Crippen molar-refractivity contribution in [3.05, 3.63) is 57.3 Å². The van der Waals surface area contributed by atoms with Crippen LogP contribution in [0.3, 0.4) is 0 Å². The molecule has 1 aromatic heterocycles. The number of thiophene rings is 1. The smallest absolute Gasteiger partial charge is 0.163 e. The molecule has 0 aliphatic rings. The molecule has 1 atom stereocenters. The predicted molar refractivity (Wildman–Crippen MR) is 75.3 cm³/mol. The minimum absolute atomic E-state index is 0.220. The van der Waals surface area contributed by atoms with Crippen molar-refractivity contribution >= 4 is 11.3 Å². The molecule has 1 N–H and O–H groups in total. The first kappa shape index (κ1) is 14.2. The van der Waals surface area contributed by atoms with E-state index < -0.39 is 11.6 Å². The van der Waals surface area contributed by atoms with Crippen LogP contribution in [0.5, 0.6) is 0 Å². The highest BCUT2D eigenvalue weighted by Gasteiger charge is 2.13. The fourth-order valence-electron chi connectivity index (χ4n) is 1.93. The molecule has 19 heavy (non-hydrogen) atoms. The second-order valence-electron chi connectivity index (χ2n) is 4.47. The van der Waals surface area contributed by atoms with E-state index in [1.165, 1.54) is 15.8 Å². The summed E-state index contributed by atoms with van der Waals surface area (Å²) in [7, 11) is 0. The van der Waals surface area contributed by atoms with Crippen molar-refractivity contribution in [3.8, 4) is 0 Å². The summed E-state index contributed by atoms with van der Waals surface area (Å²) in [4.78, 5) is 2.54. The molecule has 0 bridgehead atoms. The third kappa shape index (κ3) is 3.39. The van der Waals surface area contributed by atoms with Gasteiger partial charge in [0.15, 0.2) is 11.6 Å². The van der Waals surface area contributed by atoms with Gasteiger partial charge in [-0.2, -0.15) is 0 Å². The Morgan fingerprint density at radius 1 is 1.16 bits per heavy atom. The van der Waals surface area contributed by atoms with Crippen molar-refractivity contribution in [1.82, 2.24) is 5.32 Å². The molecule has 1 unspecified atom stereocenters. The first-order chi connectivity index (χ1) is 9.11. The summed E-state index contributed by atoms with van der Waals surface area (Å²) in [6, 6.07) is 8.25. The zero-order chi connectivity index (χ0) is 13.8. The predicted octanol–water partition coefficient (Wildman–Crippen LogP) is 4.44. The van der Waals surface area contributed by atoms with Gasteiger partial charge in [0.2, 0.25) is 0 Å². The zero-order valence-electron chi connectivity index (χ0n) is 11.0. The number of aryl methyl sites for hydroxylation is 1. The van der Waals surface area contributed by atoms with Crippen LogP contribution in [0, 0.1) is 11.6 Å². The highest BCUT2D eigenvalue weighted by atomic mass is 32.1. The molecule has 2 rings (SSSR count). The largest absolute Gasteiger partial charge is 0.305 e. The van der Waals surface area contributed by atoms with E-state index in [9.17, 15) is 8.78 Å². The van der Waals surface area contributed by atoms with Crippen LogP contribution in [0.25, 0.3) is 0 Å². The molecule has 0 aliphatic heterocycles. The third-order valence-corrected chi connectivity index (χ3v) is 4.33. The van der Waals surface area contributed by atoms with Gasteiger partial charge in [-0.1, -0.05) is 19.1 Å². The van der Waals surface area contributed by atoms with Crippen molar-refractivity contribution in [3.63, 3.8) is 0 Å². The normalized spacial score (nSPS) is 12.6. The van der Waals surface area contributed by atoms with E-state index in [0.29, 0.717) is 12.1 Å². The van der Waals surface area contributed by atoms with Crippen LogP contribution in [-0.2, 0) is 13.0 Å². The lowest BCUT2D eigenvalue weighted by Gasteiger charge is -2.14. The molecule has 2 aromatic rings. The van der Waals surface area contributed by atoms with Gasteiger partial charge < -0.3 is 5.32 Å². The average Bonchev–Trinajstić information content (AvgIpc) is 2.87. The molecule has 1 heterocycles. The molecule has 0 amide bonds. The van der Waals surface area contributed by atoms with Crippen LogP contribution in [0.1, 0.15) is 35.2 Å². The van der Waals surface area contributed by atoms with E-state index >= 15 is 0 Å². The van der Waals surface area contributed by atoms with Crippen LogP contribution in [0.15, 0.2) is 30.3 Å². The molecule has 4 heteroatoms. The van der Waals surface area contributed by atoms with Gasteiger partial charge >= 0.3 is 0 Å². The van der Waals surface area contributed by atoms with E-state index in [0.717, 1.165) is 12.5 Å². The number of hydrogen-bond donors (Lipinski definition) is 1. The highest BCUT2D eigenvalue weighted by Crippen LogP contribution is 2.21. The Bertz CT molecular complexity index is 551. The second-order valence-corrected chi connectivity index (χ2v) is 5.72. The van der Waals surface area contributed by atoms with Crippen LogP contribution in [-0.4, -0.2) is 0 Å². The first-order valence-corrected chi connectivity index (χ1v) is 7.18. The molecule has 0 radical (unpaired) electrons. The highest BCUT2D eigenvalue weighted by molar-refractivity contribution is 7.11. The summed E-state index contributed by atoms with van der Waals surface area (Å²) in [5.41, 5.74) is 0.368. The van der Waals surface area contributed by atoms with E-state index in [1.54, 1.807) is 17.4 Å². The van der Waals surface area contributed by atoms with Crippen molar-refractivity contribution in [1.29, 1.82) is 0 Å². The Labute approximate surface area is 116 Å². The Kier molecular flexibility index (Phi) is 4.66. The van der Waals surface area contributed by atoms with E-state index in [1.807, 2.05) is 6.92 Å². The number of nitrogens with one attached hydrogen (secondary N) is 1. The van der Waals surface area contributed by atoms with Gasteiger partial charge in [-0.3, -0.25) is 0 Å². The molecule has 0 spiro atoms. The molecule has 0 aliphatic carbocycles. The molecular formula is C15H17F2NS. The van der Waals surface area contributed by atoms with Gasteiger partial charge in [-0.25, -0.2) is 8.78 Å². The van der Waals surface area contributed by atoms with Crippen molar-refractivity contribution in [2.24, 2.45) is 0 Å². The first-order valence-electron chi connectivity index (χ1n) is 6.36. The fraction of sp³-hybridized carbons (Fsp3) is 0.333. The monoisotopic (exact) mass is 281 g/mol. The summed E-state index contributed by atoms with van der Waals surface area (Å²) in [5.74, 6) is -1.56. The molecule has 0 fully saturated rings. The lowest BCUT2D eigenvalue weighted by molar-refractivity contribution is 0.473. The Hall–Kier alpha value is -1.26. The topological polar surface area (TPSA) is 12.0 Å². The van der Waals surface area contributed by atoms with E-state index in [4.69, 9.17) is 0 Å². The Morgan fingerprint density at radius 3 is 2.58 bits per heavy atom. The van der Waals surface area contributed by atoms with Crippen molar-refractivity contribution in [2.45, 2.75) is 32.9 Å². The standard InChI is InChI=1S/C15H17F2NS/c1-3-11-7-8-12(19-11)9-18-10(2)13-5-4-6-14(16)15(13)17/h4-8,10,18H,3,9H2,1-2H3. The van der Waals surface area contributed by atoms with E-state index in [-0.39, 0.29) is 6.04 Å². The van der Waals surface area contributed by atoms with Crippen molar-refractivity contribution < 1.29 is 8.78 Å². The SMILES string of the molecule is CCc1ccc(CNC(C)c2cccc(F)c2F)s1. The molecule has 1 nitrogen and oxygen atoms in total. The van der Waals surface area contributed by atoms with Crippen LogP contribution in [0.2, 0.25) is 0 Å². The number of rotatable bonds is 5. The summed E-state index contributed by atoms with van der Waals surface area (Å²) in [6.45, 7) is 4.63. The second kappa shape index (κ2) is 6.26. The van der Waals surface area contributed by atoms with Crippen LogP contribution < -0.4 is 5.32 Å². The number of halogens is 2. The maximum Gasteiger partial charge on any atom is 0.163 e. The maximum absolute atomic E-state index is 13.6.